The lowest BCUT2D eigenvalue weighted by Crippen LogP contribution is -2.57. The molecule has 4 aliphatic rings. The van der Waals surface area contributed by atoms with Gasteiger partial charge in [0, 0.05) is 22.0 Å². The van der Waals surface area contributed by atoms with Crippen molar-refractivity contribution < 1.29 is 14.5 Å². The number of rotatable bonds is 2. The number of nitrogens with zero attached hydrogens (tertiary/aromatic N) is 2. The Kier molecular flexibility index (Phi) is 3.21. The average molecular weight is 396 g/mol. The van der Waals surface area contributed by atoms with Gasteiger partial charge in [0.25, 0.3) is 5.54 Å². The topological polar surface area (TPSA) is 80.5 Å². The third-order valence-electron chi connectivity index (χ3n) is 6.88. The molecule has 2 amide bonds. The first-order chi connectivity index (χ1) is 14.6. The standard InChI is InChI=1S/C24H16N2O4/c27-22-20-19-15-10-4-6-12-17(15)24(26(29)30,18-13-7-5-11-16(18)19)21(20)23(28)25(22)14-8-2-1-3-9-14/h1-13,19-21H/t19?,20-,21-,24?/m0/s1. The van der Waals surface area contributed by atoms with Crippen LogP contribution in [0, 0.1) is 22.0 Å². The summed E-state index contributed by atoms with van der Waals surface area (Å²) in [6.45, 7) is 0. The molecule has 2 bridgehead atoms. The number of anilines is 1. The van der Waals surface area contributed by atoms with Crippen molar-refractivity contribution >= 4 is 17.5 Å². The second kappa shape index (κ2) is 5.63. The van der Waals surface area contributed by atoms with Crippen molar-refractivity contribution in [2.75, 3.05) is 4.90 Å². The van der Waals surface area contributed by atoms with E-state index in [1.807, 2.05) is 24.3 Å². The van der Waals surface area contributed by atoms with Crippen LogP contribution in [0.1, 0.15) is 28.2 Å². The van der Waals surface area contributed by atoms with Crippen molar-refractivity contribution in [3.05, 3.63) is 111 Å². The molecule has 2 atom stereocenters. The van der Waals surface area contributed by atoms with E-state index in [0.717, 1.165) is 16.0 Å². The average Bonchev–Trinajstić information content (AvgIpc) is 3.05. The second-order valence-electron chi connectivity index (χ2n) is 8.03. The van der Waals surface area contributed by atoms with Crippen LogP contribution in [0.25, 0.3) is 0 Å². The van der Waals surface area contributed by atoms with E-state index in [1.165, 1.54) is 0 Å². The lowest BCUT2D eigenvalue weighted by Gasteiger charge is -2.48. The molecule has 30 heavy (non-hydrogen) atoms. The summed E-state index contributed by atoms with van der Waals surface area (Å²) in [4.78, 5) is 40.9. The van der Waals surface area contributed by atoms with E-state index in [1.54, 1.807) is 54.6 Å². The fraction of sp³-hybridized carbons (Fsp3) is 0.167. The molecule has 1 heterocycles. The van der Waals surface area contributed by atoms with Crippen LogP contribution in [0.15, 0.2) is 78.9 Å². The number of para-hydroxylation sites is 1. The number of carbonyl (C=O) groups excluding carboxylic acids is 2. The molecular formula is C24H16N2O4. The van der Waals surface area contributed by atoms with Gasteiger partial charge in [0.2, 0.25) is 11.8 Å². The molecule has 1 saturated heterocycles. The van der Waals surface area contributed by atoms with E-state index < -0.39 is 23.3 Å². The fourth-order valence-electron chi connectivity index (χ4n) is 5.87. The number of hydrogen-bond acceptors (Lipinski definition) is 4. The summed E-state index contributed by atoms with van der Waals surface area (Å²) in [5.74, 6) is -3.12. The monoisotopic (exact) mass is 396 g/mol. The van der Waals surface area contributed by atoms with Gasteiger partial charge in [-0.15, -0.1) is 0 Å². The Labute approximate surface area is 171 Å². The SMILES string of the molecule is O=C1[C@@H]2[C@@H](C(=O)N1c1ccccc1)C1c3ccccc3C2([N+](=O)[O-])c2ccccc21. The zero-order chi connectivity index (χ0) is 20.6. The highest BCUT2D eigenvalue weighted by molar-refractivity contribution is 6.23. The summed E-state index contributed by atoms with van der Waals surface area (Å²) in [5.41, 5.74) is 1.26. The molecule has 0 N–H and O–H groups in total. The third kappa shape index (κ3) is 1.75. The number of benzene rings is 3. The zero-order valence-corrected chi connectivity index (χ0v) is 15.8. The maximum Gasteiger partial charge on any atom is 0.285 e. The van der Waals surface area contributed by atoms with Gasteiger partial charge in [0.05, 0.1) is 11.6 Å². The highest BCUT2D eigenvalue weighted by atomic mass is 16.6. The molecule has 7 rings (SSSR count). The van der Waals surface area contributed by atoms with E-state index >= 15 is 0 Å². The van der Waals surface area contributed by atoms with Crippen LogP contribution in [0.3, 0.4) is 0 Å². The molecule has 3 aromatic carbocycles. The fourth-order valence-corrected chi connectivity index (χ4v) is 5.87. The van der Waals surface area contributed by atoms with Gasteiger partial charge in [-0.25, -0.2) is 4.90 Å². The zero-order valence-electron chi connectivity index (χ0n) is 15.8. The van der Waals surface area contributed by atoms with Crippen molar-refractivity contribution in [2.24, 2.45) is 11.8 Å². The maximum absolute atomic E-state index is 13.7. The molecule has 1 fully saturated rings. The molecule has 0 aromatic heterocycles. The van der Waals surface area contributed by atoms with Crippen LogP contribution in [0.4, 0.5) is 5.69 Å². The summed E-state index contributed by atoms with van der Waals surface area (Å²) in [6, 6.07) is 23.1. The second-order valence-corrected chi connectivity index (χ2v) is 8.03. The van der Waals surface area contributed by atoms with Crippen molar-refractivity contribution in [1.29, 1.82) is 0 Å². The molecular weight excluding hydrogens is 380 g/mol. The van der Waals surface area contributed by atoms with E-state index in [-0.39, 0.29) is 16.7 Å². The predicted octanol–water partition coefficient (Wildman–Crippen LogP) is 3.47. The minimum Gasteiger partial charge on any atom is -0.274 e. The number of hydrogen-bond donors (Lipinski definition) is 0. The number of imide groups is 1. The van der Waals surface area contributed by atoms with Crippen molar-refractivity contribution in [3.8, 4) is 0 Å². The highest BCUT2D eigenvalue weighted by Crippen LogP contribution is 2.64. The first-order valence-electron chi connectivity index (χ1n) is 9.84. The molecule has 0 radical (unpaired) electrons. The van der Waals surface area contributed by atoms with Gasteiger partial charge in [0.1, 0.15) is 5.92 Å². The number of amides is 2. The Morgan fingerprint density at radius 2 is 1.30 bits per heavy atom. The van der Waals surface area contributed by atoms with Gasteiger partial charge in [0.15, 0.2) is 0 Å². The number of carbonyl (C=O) groups is 2. The van der Waals surface area contributed by atoms with Crippen LogP contribution >= 0.6 is 0 Å². The van der Waals surface area contributed by atoms with Gasteiger partial charge in [-0.3, -0.25) is 19.7 Å². The van der Waals surface area contributed by atoms with Gasteiger partial charge in [-0.2, -0.15) is 0 Å². The molecule has 6 nitrogen and oxygen atoms in total. The van der Waals surface area contributed by atoms with Crippen LogP contribution in [-0.2, 0) is 15.1 Å². The van der Waals surface area contributed by atoms with Crippen LogP contribution < -0.4 is 4.90 Å². The van der Waals surface area contributed by atoms with E-state index in [9.17, 15) is 19.7 Å². The lowest BCUT2D eigenvalue weighted by atomic mass is 9.51. The Hall–Kier alpha value is -3.80. The molecule has 146 valence electrons. The van der Waals surface area contributed by atoms with Crippen molar-refractivity contribution in [1.82, 2.24) is 0 Å². The van der Waals surface area contributed by atoms with Crippen molar-refractivity contribution in [2.45, 2.75) is 11.5 Å². The van der Waals surface area contributed by atoms with Crippen molar-refractivity contribution in [3.63, 3.8) is 0 Å². The van der Waals surface area contributed by atoms with Gasteiger partial charge < -0.3 is 0 Å². The minimum atomic E-state index is -1.77. The largest absolute Gasteiger partial charge is 0.285 e. The quantitative estimate of drug-likeness (QED) is 0.377. The van der Waals surface area contributed by atoms with Gasteiger partial charge in [-0.1, -0.05) is 66.7 Å². The summed E-state index contributed by atoms with van der Waals surface area (Å²) >= 11 is 0. The Morgan fingerprint density at radius 1 is 0.767 bits per heavy atom. The normalized spacial score (nSPS) is 28.1. The van der Waals surface area contributed by atoms with E-state index in [0.29, 0.717) is 16.8 Å². The Balaban J connectivity index is 1.70. The first kappa shape index (κ1) is 17.1. The van der Waals surface area contributed by atoms with Gasteiger partial charge in [-0.05, 0) is 23.3 Å². The summed E-state index contributed by atoms with van der Waals surface area (Å²) < 4.78 is 0. The van der Waals surface area contributed by atoms with E-state index in [4.69, 9.17) is 0 Å². The molecule has 0 saturated carbocycles. The molecule has 3 aromatic rings. The summed E-state index contributed by atoms with van der Waals surface area (Å²) in [6.07, 6.45) is 0. The van der Waals surface area contributed by atoms with E-state index in [2.05, 4.69) is 0 Å². The summed E-state index contributed by atoms with van der Waals surface area (Å²) in [7, 11) is 0. The molecule has 1 aliphatic heterocycles. The maximum atomic E-state index is 13.7. The first-order valence-corrected chi connectivity index (χ1v) is 9.84. The van der Waals surface area contributed by atoms with Crippen LogP contribution in [0.5, 0.6) is 0 Å². The van der Waals surface area contributed by atoms with Crippen LogP contribution in [-0.4, -0.2) is 16.7 Å². The molecule has 3 aliphatic carbocycles. The molecule has 0 spiro atoms. The highest BCUT2D eigenvalue weighted by Gasteiger charge is 2.74. The number of nitro groups is 1. The van der Waals surface area contributed by atoms with Gasteiger partial charge >= 0.3 is 0 Å². The van der Waals surface area contributed by atoms with Crippen LogP contribution in [0.2, 0.25) is 0 Å². The Bertz CT molecular complexity index is 1210. The minimum absolute atomic E-state index is 0.350. The molecule has 0 unspecified atom stereocenters. The smallest absolute Gasteiger partial charge is 0.274 e. The molecule has 6 heteroatoms. The predicted molar refractivity (Wildman–Crippen MR) is 108 cm³/mol. The Morgan fingerprint density at radius 3 is 1.87 bits per heavy atom. The third-order valence-corrected chi connectivity index (χ3v) is 6.88. The summed E-state index contributed by atoms with van der Waals surface area (Å²) in [5, 5.41) is 12.8. The lowest BCUT2D eigenvalue weighted by molar-refractivity contribution is -0.578.